The normalized spacial score (nSPS) is 17.5. The topological polar surface area (TPSA) is 89.3 Å². The number of carbonyl (C=O) groups is 1. The van der Waals surface area contributed by atoms with Gasteiger partial charge in [0.25, 0.3) is 5.56 Å². The molecule has 2 aromatic carbocycles. The Kier molecular flexibility index (Phi) is 6.04. The van der Waals surface area contributed by atoms with E-state index in [0.717, 1.165) is 28.5 Å². The molecular weight excluding hydrogens is 460 g/mol. The SMILES string of the molecule is CN(C(=O)CSc1nc2ccccc2c(=O)n1-c1ccc(F)cc1F)[C@@H]1CCS(=O)(=O)C1. The Labute approximate surface area is 187 Å². The number of fused-ring (bicyclic) bond motifs is 1. The number of amides is 1. The Morgan fingerprint density at radius 2 is 2.00 bits per heavy atom. The highest BCUT2D eigenvalue weighted by Crippen LogP contribution is 2.24. The molecule has 1 fully saturated rings. The van der Waals surface area contributed by atoms with Gasteiger partial charge in [-0.15, -0.1) is 0 Å². The minimum atomic E-state index is -3.15. The second-order valence-electron chi connectivity index (χ2n) is 7.50. The predicted octanol–water partition coefficient (Wildman–Crippen LogP) is 2.40. The van der Waals surface area contributed by atoms with Crippen LogP contribution in [0.25, 0.3) is 16.6 Å². The summed E-state index contributed by atoms with van der Waals surface area (Å²) in [5.74, 6) is -2.25. The Morgan fingerprint density at radius 3 is 2.69 bits per heavy atom. The average molecular weight is 480 g/mol. The summed E-state index contributed by atoms with van der Waals surface area (Å²) in [6, 6.07) is 8.97. The van der Waals surface area contributed by atoms with Crippen molar-refractivity contribution >= 4 is 38.4 Å². The van der Waals surface area contributed by atoms with Crippen molar-refractivity contribution in [2.24, 2.45) is 0 Å². The summed E-state index contributed by atoms with van der Waals surface area (Å²) in [6.07, 6.45) is 0.370. The summed E-state index contributed by atoms with van der Waals surface area (Å²) in [5.41, 5.74) is -0.354. The fourth-order valence-corrected chi connectivity index (χ4v) is 6.30. The lowest BCUT2D eigenvalue weighted by molar-refractivity contribution is -0.128. The van der Waals surface area contributed by atoms with Crippen molar-refractivity contribution < 1.29 is 22.0 Å². The molecule has 0 bridgehead atoms. The van der Waals surface area contributed by atoms with E-state index in [9.17, 15) is 26.8 Å². The van der Waals surface area contributed by atoms with Crippen molar-refractivity contribution in [3.63, 3.8) is 0 Å². The van der Waals surface area contributed by atoms with Crippen molar-refractivity contribution in [1.29, 1.82) is 0 Å². The van der Waals surface area contributed by atoms with Gasteiger partial charge in [-0.05, 0) is 30.7 Å². The van der Waals surface area contributed by atoms with E-state index in [1.54, 1.807) is 24.3 Å². The number of para-hydroxylation sites is 1. The summed E-state index contributed by atoms with van der Waals surface area (Å²) in [7, 11) is -1.62. The number of thioether (sulfide) groups is 1. The smallest absolute Gasteiger partial charge is 0.266 e. The minimum absolute atomic E-state index is 0.0397. The lowest BCUT2D eigenvalue weighted by atomic mass is 10.2. The number of carbonyl (C=O) groups excluding carboxylic acids is 1. The molecule has 0 radical (unpaired) electrons. The highest BCUT2D eigenvalue weighted by atomic mass is 32.2. The van der Waals surface area contributed by atoms with E-state index < -0.39 is 33.1 Å². The van der Waals surface area contributed by atoms with Gasteiger partial charge in [0.15, 0.2) is 15.0 Å². The Balaban J connectivity index is 1.69. The minimum Gasteiger partial charge on any atom is -0.341 e. The van der Waals surface area contributed by atoms with E-state index in [4.69, 9.17) is 0 Å². The molecule has 1 aromatic heterocycles. The van der Waals surface area contributed by atoms with Crippen LogP contribution >= 0.6 is 11.8 Å². The van der Waals surface area contributed by atoms with Crippen LogP contribution in [0, 0.1) is 11.6 Å². The first-order valence-electron chi connectivity index (χ1n) is 9.72. The van der Waals surface area contributed by atoms with Crippen molar-refractivity contribution in [2.45, 2.75) is 17.6 Å². The first kappa shape index (κ1) is 22.4. The molecule has 2 heterocycles. The van der Waals surface area contributed by atoms with Crippen LogP contribution in [0.3, 0.4) is 0 Å². The Bertz CT molecular complexity index is 1380. The lowest BCUT2D eigenvalue weighted by Crippen LogP contribution is -2.39. The fraction of sp³-hybridized carbons (Fsp3) is 0.286. The Morgan fingerprint density at radius 1 is 1.25 bits per heavy atom. The molecule has 1 aliphatic rings. The third-order valence-electron chi connectivity index (χ3n) is 5.37. The monoisotopic (exact) mass is 479 g/mol. The van der Waals surface area contributed by atoms with Gasteiger partial charge in [0, 0.05) is 19.2 Å². The summed E-state index contributed by atoms with van der Waals surface area (Å²) in [6.45, 7) is 0. The van der Waals surface area contributed by atoms with Crippen molar-refractivity contribution in [1.82, 2.24) is 14.5 Å². The molecule has 0 N–H and O–H groups in total. The summed E-state index contributed by atoms with van der Waals surface area (Å²) < 4.78 is 52.4. The van der Waals surface area contributed by atoms with Crippen LogP contribution in [0.2, 0.25) is 0 Å². The number of hydrogen-bond acceptors (Lipinski definition) is 6. The van der Waals surface area contributed by atoms with Crippen LogP contribution in [0.15, 0.2) is 52.4 Å². The largest absolute Gasteiger partial charge is 0.341 e. The van der Waals surface area contributed by atoms with Gasteiger partial charge in [-0.2, -0.15) is 0 Å². The molecule has 1 atom stereocenters. The first-order chi connectivity index (χ1) is 15.2. The zero-order valence-corrected chi connectivity index (χ0v) is 18.6. The van der Waals surface area contributed by atoms with Crippen LogP contribution in [0.4, 0.5) is 8.78 Å². The molecular formula is C21H19F2N3O4S2. The molecule has 32 heavy (non-hydrogen) atoms. The van der Waals surface area contributed by atoms with Gasteiger partial charge in [0.1, 0.15) is 11.6 Å². The van der Waals surface area contributed by atoms with Gasteiger partial charge >= 0.3 is 0 Å². The number of benzene rings is 2. The van der Waals surface area contributed by atoms with E-state index in [1.165, 1.54) is 11.9 Å². The van der Waals surface area contributed by atoms with Gasteiger partial charge in [0.05, 0.1) is 33.8 Å². The van der Waals surface area contributed by atoms with Gasteiger partial charge in [0.2, 0.25) is 5.91 Å². The number of sulfone groups is 1. The molecule has 1 saturated heterocycles. The maximum absolute atomic E-state index is 14.5. The molecule has 3 aromatic rings. The maximum atomic E-state index is 14.5. The van der Waals surface area contributed by atoms with Crippen LogP contribution in [0.5, 0.6) is 0 Å². The van der Waals surface area contributed by atoms with Crippen molar-refractivity contribution in [3.05, 3.63) is 64.5 Å². The molecule has 0 spiro atoms. The molecule has 168 valence electrons. The van der Waals surface area contributed by atoms with E-state index >= 15 is 0 Å². The number of hydrogen-bond donors (Lipinski definition) is 0. The molecule has 0 unspecified atom stereocenters. The van der Waals surface area contributed by atoms with E-state index in [0.29, 0.717) is 18.0 Å². The first-order valence-corrected chi connectivity index (χ1v) is 12.5. The summed E-state index contributed by atoms with van der Waals surface area (Å²) >= 11 is 0.930. The highest BCUT2D eigenvalue weighted by Gasteiger charge is 2.32. The maximum Gasteiger partial charge on any atom is 0.266 e. The quantitative estimate of drug-likeness (QED) is 0.413. The van der Waals surface area contributed by atoms with E-state index in [1.807, 2.05) is 0 Å². The number of aromatic nitrogens is 2. The van der Waals surface area contributed by atoms with Crippen LogP contribution in [-0.2, 0) is 14.6 Å². The van der Waals surface area contributed by atoms with Gasteiger partial charge in [-0.3, -0.25) is 14.2 Å². The van der Waals surface area contributed by atoms with Crippen LogP contribution in [-0.4, -0.2) is 59.1 Å². The number of halogens is 2. The standard InChI is InChI=1S/C21H19F2N3O4S2/c1-25(14-8-9-32(29,30)12-14)19(27)11-31-21-24-17-5-3-2-4-15(17)20(28)26(21)18-7-6-13(22)10-16(18)23/h2-7,10,14H,8-9,11-12H2,1H3/t14-/m1/s1. The van der Waals surface area contributed by atoms with Crippen LogP contribution in [0.1, 0.15) is 6.42 Å². The zero-order valence-electron chi connectivity index (χ0n) is 17.0. The second-order valence-corrected chi connectivity index (χ2v) is 10.7. The van der Waals surface area contributed by atoms with Crippen molar-refractivity contribution in [2.75, 3.05) is 24.3 Å². The Hall–Kier alpha value is -2.79. The summed E-state index contributed by atoms with van der Waals surface area (Å²) in [5, 5.41) is 0.320. The average Bonchev–Trinajstić information content (AvgIpc) is 3.12. The molecule has 4 rings (SSSR count). The fourth-order valence-electron chi connectivity index (χ4n) is 3.60. The molecule has 0 aliphatic carbocycles. The lowest BCUT2D eigenvalue weighted by Gasteiger charge is -2.23. The van der Waals surface area contributed by atoms with E-state index in [2.05, 4.69) is 4.98 Å². The highest BCUT2D eigenvalue weighted by molar-refractivity contribution is 7.99. The van der Waals surface area contributed by atoms with Gasteiger partial charge in [-0.25, -0.2) is 22.2 Å². The third kappa shape index (κ3) is 4.40. The predicted molar refractivity (Wildman–Crippen MR) is 118 cm³/mol. The molecule has 7 nitrogen and oxygen atoms in total. The van der Waals surface area contributed by atoms with Crippen molar-refractivity contribution in [3.8, 4) is 5.69 Å². The molecule has 1 amide bonds. The molecule has 11 heteroatoms. The third-order valence-corrected chi connectivity index (χ3v) is 8.04. The zero-order chi connectivity index (χ0) is 23.0. The molecule has 1 aliphatic heterocycles. The van der Waals surface area contributed by atoms with Gasteiger partial charge < -0.3 is 4.90 Å². The summed E-state index contributed by atoms with van der Waals surface area (Å²) in [4.78, 5) is 31.6. The second kappa shape index (κ2) is 8.62. The number of nitrogens with zero attached hydrogens (tertiary/aromatic N) is 3. The molecule has 0 saturated carbocycles. The van der Waals surface area contributed by atoms with Gasteiger partial charge in [-0.1, -0.05) is 23.9 Å². The van der Waals surface area contributed by atoms with E-state index in [-0.39, 0.29) is 39.4 Å². The van der Waals surface area contributed by atoms with Crippen LogP contribution < -0.4 is 5.56 Å². The number of rotatable bonds is 5.